The Hall–Kier alpha value is -3.59. The molecule has 1 N–H and O–H groups in total. The molecule has 0 bridgehead atoms. The third kappa shape index (κ3) is 4.14. The zero-order valence-electron chi connectivity index (χ0n) is 16.8. The third-order valence-electron chi connectivity index (χ3n) is 5.41. The van der Waals surface area contributed by atoms with Gasteiger partial charge in [0.1, 0.15) is 5.82 Å². The van der Waals surface area contributed by atoms with Crippen molar-refractivity contribution in [2.24, 2.45) is 0 Å². The van der Waals surface area contributed by atoms with Gasteiger partial charge in [-0.15, -0.1) is 0 Å². The van der Waals surface area contributed by atoms with Crippen LogP contribution in [0, 0.1) is 25.2 Å². The maximum absolute atomic E-state index is 9.06. The molecule has 0 aliphatic carbocycles. The van der Waals surface area contributed by atoms with Crippen LogP contribution in [0.1, 0.15) is 16.7 Å². The number of benzene rings is 2. The Morgan fingerprint density at radius 1 is 0.966 bits per heavy atom. The topological polar surface area (TPSA) is 68.1 Å². The lowest BCUT2D eigenvalue weighted by molar-refractivity contribution is 0.646. The molecule has 3 aromatic rings. The second kappa shape index (κ2) is 8.19. The van der Waals surface area contributed by atoms with E-state index < -0.39 is 0 Å². The van der Waals surface area contributed by atoms with Crippen LogP contribution in [-0.2, 0) is 0 Å². The molecule has 6 heteroatoms. The molecule has 1 aliphatic rings. The van der Waals surface area contributed by atoms with E-state index in [1.165, 1.54) is 16.8 Å². The van der Waals surface area contributed by atoms with Crippen LogP contribution in [0.15, 0.2) is 54.7 Å². The molecule has 0 atom stereocenters. The smallest absolute Gasteiger partial charge is 0.229 e. The molecule has 1 fully saturated rings. The fourth-order valence-corrected chi connectivity index (χ4v) is 3.64. The molecule has 2 heterocycles. The molecule has 0 spiro atoms. The predicted octanol–water partition coefficient (Wildman–Crippen LogP) is 4.04. The van der Waals surface area contributed by atoms with Crippen molar-refractivity contribution in [3.63, 3.8) is 0 Å². The third-order valence-corrected chi connectivity index (χ3v) is 5.41. The second-order valence-corrected chi connectivity index (χ2v) is 7.25. The highest BCUT2D eigenvalue weighted by atomic mass is 15.3. The van der Waals surface area contributed by atoms with Gasteiger partial charge in [0.25, 0.3) is 0 Å². The Balaban J connectivity index is 1.44. The van der Waals surface area contributed by atoms with Crippen LogP contribution in [0.2, 0.25) is 0 Å². The maximum atomic E-state index is 9.06. The quantitative estimate of drug-likeness (QED) is 0.732. The van der Waals surface area contributed by atoms with Gasteiger partial charge in [-0.2, -0.15) is 10.2 Å². The lowest BCUT2D eigenvalue weighted by Gasteiger charge is -2.37. The normalized spacial score (nSPS) is 13.8. The summed E-state index contributed by atoms with van der Waals surface area (Å²) >= 11 is 0. The van der Waals surface area contributed by atoms with Gasteiger partial charge < -0.3 is 15.1 Å². The summed E-state index contributed by atoms with van der Waals surface area (Å²) in [5.74, 6) is 1.45. The van der Waals surface area contributed by atoms with E-state index in [1.54, 1.807) is 18.3 Å². The molecule has 0 unspecified atom stereocenters. The van der Waals surface area contributed by atoms with E-state index in [0.717, 1.165) is 37.7 Å². The summed E-state index contributed by atoms with van der Waals surface area (Å²) in [5.41, 5.74) is 5.42. The van der Waals surface area contributed by atoms with Crippen LogP contribution in [0.5, 0.6) is 0 Å². The van der Waals surface area contributed by atoms with Gasteiger partial charge in [0.15, 0.2) is 0 Å². The molecule has 4 rings (SSSR count). The van der Waals surface area contributed by atoms with E-state index >= 15 is 0 Å². The Kier molecular flexibility index (Phi) is 5.30. The van der Waals surface area contributed by atoms with E-state index in [-0.39, 0.29) is 0 Å². The van der Waals surface area contributed by atoms with Gasteiger partial charge in [-0.25, -0.2) is 4.98 Å². The molecule has 146 valence electrons. The highest BCUT2D eigenvalue weighted by Gasteiger charge is 2.20. The summed E-state index contributed by atoms with van der Waals surface area (Å²) in [6.45, 7) is 8.10. The van der Waals surface area contributed by atoms with Crippen molar-refractivity contribution >= 4 is 23.1 Å². The number of nitriles is 1. The average Bonchev–Trinajstić information content (AvgIpc) is 2.76. The van der Waals surface area contributed by atoms with Crippen LogP contribution in [0.4, 0.5) is 23.1 Å². The number of aromatic nitrogens is 2. The second-order valence-electron chi connectivity index (χ2n) is 7.25. The lowest BCUT2D eigenvalue weighted by Crippen LogP contribution is -2.47. The van der Waals surface area contributed by atoms with Crippen molar-refractivity contribution in [2.45, 2.75) is 13.8 Å². The summed E-state index contributed by atoms with van der Waals surface area (Å²) < 4.78 is 0. The summed E-state index contributed by atoms with van der Waals surface area (Å²) in [5, 5.41) is 12.3. The van der Waals surface area contributed by atoms with Gasteiger partial charge in [-0.3, -0.25) is 0 Å². The van der Waals surface area contributed by atoms with E-state index in [9.17, 15) is 0 Å². The molecule has 1 saturated heterocycles. The number of nitrogens with one attached hydrogen (secondary N) is 1. The Morgan fingerprint density at radius 3 is 2.52 bits per heavy atom. The van der Waals surface area contributed by atoms with E-state index in [4.69, 9.17) is 5.26 Å². The minimum absolute atomic E-state index is 0.537. The van der Waals surface area contributed by atoms with Crippen LogP contribution >= 0.6 is 0 Å². The summed E-state index contributed by atoms with van der Waals surface area (Å²) in [4.78, 5) is 13.7. The molecule has 0 amide bonds. The number of hydrogen-bond donors (Lipinski definition) is 1. The minimum atomic E-state index is 0.537. The fourth-order valence-electron chi connectivity index (χ4n) is 3.64. The van der Waals surface area contributed by atoms with Crippen molar-refractivity contribution in [1.29, 1.82) is 5.26 Å². The Bertz CT molecular complexity index is 1050. The number of aryl methyl sites for hydroxylation is 1. The number of piperazine rings is 1. The van der Waals surface area contributed by atoms with Crippen molar-refractivity contribution in [3.8, 4) is 6.07 Å². The number of nitrogens with zero attached hydrogens (tertiary/aromatic N) is 5. The Morgan fingerprint density at radius 2 is 1.72 bits per heavy atom. The molecule has 29 heavy (non-hydrogen) atoms. The first-order valence-corrected chi connectivity index (χ1v) is 9.80. The first-order chi connectivity index (χ1) is 14.1. The lowest BCUT2D eigenvalue weighted by atomic mass is 10.1. The number of hydrogen-bond acceptors (Lipinski definition) is 6. The van der Waals surface area contributed by atoms with Crippen molar-refractivity contribution in [2.75, 3.05) is 41.3 Å². The highest BCUT2D eigenvalue weighted by molar-refractivity contribution is 5.59. The maximum Gasteiger partial charge on any atom is 0.229 e. The molecular formula is C23H24N6. The number of anilines is 4. The van der Waals surface area contributed by atoms with Crippen LogP contribution < -0.4 is 15.1 Å². The summed E-state index contributed by atoms with van der Waals surface area (Å²) in [6, 6.07) is 17.9. The minimum Gasteiger partial charge on any atom is -0.368 e. The van der Waals surface area contributed by atoms with E-state index in [2.05, 4.69) is 63.2 Å². The van der Waals surface area contributed by atoms with E-state index in [1.807, 2.05) is 18.2 Å². The molecule has 1 aromatic heterocycles. The molecule has 6 nitrogen and oxygen atoms in total. The van der Waals surface area contributed by atoms with Crippen LogP contribution in [0.25, 0.3) is 0 Å². The molecule has 0 saturated carbocycles. The van der Waals surface area contributed by atoms with Crippen molar-refractivity contribution in [1.82, 2.24) is 9.97 Å². The van der Waals surface area contributed by atoms with Gasteiger partial charge >= 0.3 is 0 Å². The van der Waals surface area contributed by atoms with E-state index in [0.29, 0.717) is 11.5 Å². The zero-order chi connectivity index (χ0) is 20.2. The Labute approximate surface area is 171 Å². The fraction of sp³-hybridized carbons (Fsp3) is 0.261. The van der Waals surface area contributed by atoms with Gasteiger partial charge in [-0.05, 0) is 55.3 Å². The van der Waals surface area contributed by atoms with Crippen molar-refractivity contribution < 1.29 is 0 Å². The first-order valence-electron chi connectivity index (χ1n) is 9.80. The van der Waals surface area contributed by atoms with Crippen LogP contribution in [0.3, 0.4) is 0 Å². The van der Waals surface area contributed by atoms with Gasteiger partial charge in [0.05, 0.1) is 11.6 Å². The predicted molar refractivity (Wildman–Crippen MR) is 117 cm³/mol. The van der Waals surface area contributed by atoms with Gasteiger partial charge in [-0.1, -0.05) is 18.2 Å². The largest absolute Gasteiger partial charge is 0.368 e. The number of rotatable bonds is 4. The van der Waals surface area contributed by atoms with Crippen LogP contribution in [-0.4, -0.2) is 36.1 Å². The van der Waals surface area contributed by atoms with Crippen molar-refractivity contribution in [3.05, 3.63) is 71.4 Å². The molecule has 0 radical (unpaired) electrons. The standard InChI is InChI=1S/C23H24N6/c1-17-5-3-8-21(18(17)2)28-11-13-29(14-12-28)22-9-10-25-23(27-22)26-20-7-4-6-19(15-20)16-24/h3-10,15H,11-14H2,1-2H3,(H,25,26,27). The molecule has 2 aromatic carbocycles. The van der Waals surface area contributed by atoms with Gasteiger partial charge in [0.2, 0.25) is 5.95 Å². The monoisotopic (exact) mass is 384 g/mol. The first kappa shape index (κ1) is 18.8. The van der Waals surface area contributed by atoms with Gasteiger partial charge in [0, 0.05) is 43.8 Å². The zero-order valence-corrected chi connectivity index (χ0v) is 16.8. The molecule has 1 aliphatic heterocycles. The average molecular weight is 384 g/mol. The summed E-state index contributed by atoms with van der Waals surface area (Å²) in [6.07, 6.45) is 1.77. The summed E-state index contributed by atoms with van der Waals surface area (Å²) in [7, 11) is 0. The molecular weight excluding hydrogens is 360 g/mol. The highest BCUT2D eigenvalue weighted by Crippen LogP contribution is 2.25. The SMILES string of the molecule is Cc1cccc(N2CCN(c3ccnc(Nc4cccc(C#N)c4)n3)CC2)c1C.